The Balaban J connectivity index is 1.24. The van der Waals surface area contributed by atoms with E-state index < -0.39 is 11.6 Å². The number of ether oxygens (including phenoxy) is 1. The number of benzene rings is 1. The number of nitrogens with one attached hydrogen (secondary N) is 2. The van der Waals surface area contributed by atoms with Crippen LogP contribution in [-0.4, -0.2) is 103 Å². The maximum absolute atomic E-state index is 13.5. The highest BCUT2D eigenvalue weighted by Crippen LogP contribution is 2.34. The third-order valence-corrected chi connectivity index (χ3v) is 7.99. The molecule has 3 aliphatic heterocycles. The Kier molecular flexibility index (Phi) is 9.80. The van der Waals surface area contributed by atoms with E-state index in [4.69, 9.17) is 4.74 Å². The fourth-order valence-electron chi connectivity index (χ4n) is 5.74. The number of urea groups is 1. The third-order valence-electron chi connectivity index (χ3n) is 7.99. The highest BCUT2D eigenvalue weighted by Gasteiger charge is 2.52. The van der Waals surface area contributed by atoms with Crippen LogP contribution in [0.5, 0.6) is 0 Å². The summed E-state index contributed by atoms with van der Waals surface area (Å²) in [5.41, 5.74) is 0.600. The van der Waals surface area contributed by atoms with Crippen molar-refractivity contribution in [1.82, 2.24) is 25.3 Å². The van der Waals surface area contributed by atoms with Gasteiger partial charge in [0.1, 0.15) is 11.6 Å². The molecule has 2 N–H and O–H groups in total. The number of hydrogen-bond acceptors (Lipinski definition) is 5. The summed E-state index contributed by atoms with van der Waals surface area (Å²) in [5, 5.41) is 6.04. The Morgan fingerprint density at radius 3 is 2.49 bits per heavy atom. The molecular formula is C28H43N5O4. The molecule has 3 saturated heterocycles. The molecule has 0 radical (unpaired) electrons. The molecule has 4 amide bonds. The third kappa shape index (κ3) is 6.82. The van der Waals surface area contributed by atoms with Crippen molar-refractivity contribution in [3.05, 3.63) is 35.9 Å². The minimum Gasteiger partial charge on any atom is -0.378 e. The quantitative estimate of drug-likeness (QED) is 0.467. The number of carbonyl (C=O) groups is 3. The molecule has 1 atom stereocenters. The number of hydrogen-bond donors (Lipinski definition) is 2. The Morgan fingerprint density at radius 1 is 1.05 bits per heavy atom. The Morgan fingerprint density at radius 2 is 1.78 bits per heavy atom. The summed E-state index contributed by atoms with van der Waals surface area (Å²) in [7, 11) is 0. The van der Waals surface area contributed by atoms with Gasteiger partial charge in [-0.2, -0.15) is 0 Å². The van der Waals surface area contributed by atoms with E-state index in [0.717, 1.165) is 45.3 Å². The number of nitrogens with zero attached hydrogens (tertiary/aromatic N) is 3. The molecule has 9 nitrogen and oxygen atoms in total. The maximum Gasteiger partial charge on any atom is 0.317 e. The summed E-state index contributed by atoms with van der Waals surface area (Å²) in [6.45, 7) is 8.25. The molecule has 204 valence electrons. The zero-order chi connectivity index (χ0) is 26.1. The predicted octanol–water partition coefficient (Wildman–Crippen LogP) is 2.01. The monoisotopic (exact) mass is 513 g/mol. The van der Waals surface area contributed by atoms with Gasteiger partial charge in [-0.1, -0.05) is 37.3 Å². The van der Waals surface area contributed by atoms with Crippen LogP contribution in [0.2, 0.25) is 0 Å². The second-order valence-corrected chi connectivity index (χ2v) is 10.5. The van der Waals surface area contributed by atoms with Crippen molar-refractivity contribution in [1.29, 1.82) is 0 Å². The molecule has 4 rings (SSSR count). The number of likely N-dealkylation sites (tertiary alicyclic amines) is 1. The number of unbranched alkanes of at least 4 members (excludes halogenated alkanes) is 1. The topological polar surface area (TPSA) is 94.2 Å². The van der Waals surface area contributed by atoms with Crippen LogP contribution >= 0.6 is 0 Å². The van der Waals surface area contributed by atoms with E-state index in [1.165, 1.54) is 5.56 Å². The minimum absolute atomic E-state index is 0.00822. The van der Waals surface area contributed by atoms with Gasteiger partial charge < -0.3 is 30.1 Å². The van der Waals surface area contributed by atoms with E-state index in [0.29, 0.717) is 58.7 Å². The Bertz CT molecular complexity index is 897. The molecule has 0 aromatic heterocycles. The lowest BCUT2D eigenvalue weighted by atomic mass is 9.81. The summed E-state index contributed by atoms with van der Waals surface area (Å²) < 4.78 is 5.28. The average molecular weight is 514 g/mol. The Hall–Kier alpha value is -2.65. The van der Waals surface area contributed by atoms with Gasteiger partial charge in [0.2, 0.25) is 11.8 Å². The maximum atomic E-state index is 13.5. The first-order chi connectivity index (χ1) is 18.0. The molecule has 3 heterocycles. The lowest BCUT2D eigenvalue weighted by Gasteiger charge is -2.51. The number of morpholine rings is 1. The van der Waals surface area contributed by atoms with Gasteiger partial charge in [0.25, 0.3) is 0 Å². The molecule has 0 saturated carbocycles. The van der Waals surface area contributed by atoms with Crippen LogP contribution in [0.25, 0.3) is 0 Å². The predicted molar refractivity (Wildman–Crippen MR) is 142 cm³/mol. The minimum atomic E-state index is -0.723. The van der Waals surface area contributed by atoms with Gasteiger partial charge in [0, 0.05) is 45.8 Å². The van der Waals surface area contributed by atoms with Crippen molar-refractivity contribution in [2.45, 2.75) is 63.5 Å². The zero-order valence-corrected chi connectivity index (χ0v) is 22.3. The molecular weight excluding hydrogens is 470 g/mol. The number of piperidine rings is 1. The van der Waals surface area contributed by atoms with Crippen molar-refractivity contribution in [2.24, 2.45) is 0 Å². The number of rotatable bonds is 10. The molecule has 1 aromatic rings. The summed E-state index contributed by atoms with van der Waals surface area (Å²) in [6, 6.07) is 9.94. The number of carbonyl (C=O) groups excluding carboxylic acids is 3. The number of amides is 4. The molecule has 3 aliphatic rings. The molecule has 3 fully saturated rings. The van der Waals surface area contributed by atoms with Gasteiger partial charge in [0.15, 0.2) is 0 Å². The van der Waals surface area contributed by atoms with Crippen molar-refractivity contribution in [3.8, 4) is 0 Å². The van der Waals surface area contributed by atoms with E-state index in [1.54, 1.807) is 4.90 Å². The molecule has 1 aromatic carbocycles. The summed E-state index contributed by atoms with van der Waals surface area (Å²) in [4.78, 5) is 45.3. The van der Waals surface area contributed by atoms with Gasteiger partial charge >= 0.3 is 6.03 Å². The van der Waals surface area contributed by atoms with Crippen LogP contribution in [0.3, 0.4) is 0 Å². The van der Waals surface area contributed by atoms with Gasteiger partial charge in [-0.3, -0.25) is 9.59 Å². The van der Waals surface area contributed by atoms with Crippen molar-refractivity contribution in [2.75, 3.05) is 59.0 Å². The highest BCUT2D eigenvalue weighted by atomic mass is 16.5. The lowest BCUT2D eigenvalue weighted by molar-refractivity contribution is -0.161. The normalized spacial score (nSPS) is 22.2. The summed E-state index contributed by atoms with van der Waals surface area (Å²) in [6.07, 6.45) is 5.31. The van der Waals surface area contributed by atoms with Crippen LogP contribution in [0.15, 0.2) is 30.3 Å². The fraction of sp³-hybridized carbons (Fsp3) is 0.679. The molecule has 0 aliphatic carbocycles. The fourth-order valence-corrected chi connectivity index (χ4v) is 5.74. The van der Waals surface area contributed by atoms with Crippen molar-refractivity contribution >= 4 is 17.8 Å². The first kappa shape index (κ1) is 27.4. The van der Waals surface area contributed by atoms with Crippen LogP contribution in [-0.2, 0) is 20.7 Å². The number of piperazine rings is 1. The zero-order valence-electron chi connectivity index (χ0n) is 22.3. The largest absolute Gasteiger partial charge is 0.378 e. The lowest BCUT2D eigenvalue weighted by Crippen LogP contribution is -2.72. The van der Waals surface area contributed by atoms with E-state index in [2.05, 4.69) is 46.7 Å². The standard InChI is InChI=1S/C28H43N5O4/c1-2-15-33-25(34)24(10-6-7-14-29-27(36)32-19-21-37-22-20-32)30-26(35)28(33)12-17-31(18-13-28)16-11-23-8-4-3-5-9-23/h3-5,8-9,24H,2,6-7,10-22H2,1H3,(H,29,36)(H,30,35)/t24-/m0/s1. The average Bonchev–Trinajstić information content (AvgIpc) is 2.94. The Labute approximate surface area is 220 Å². The molecule has 0 bridgehead atoms. The van der Waals surface area contributed by atoms with E-state index in [9.17, 15) is 14.4 Å². The van der Waals surface area contributed by atoms with Crippen LogP contribution in [0.1, 0.15) is 51.0 Å². The van der Waals surface area contributed by atoms with Crippen LogP contribution < -0.4 is 10.6 Å². The van der Waals surface area contributed by atoms with Gasteiger partial charge in [0.05, 0.1) is 13.2 Å². The second kappa shape index (κ2) is 13.2. The van der Waals surface area contributed by atoms with E-state index in [1.807, 2.05) is 11.0 Å². The summed E-state index contributed by atoms with van der Waals surface area (Å²) >= 11 is 0. The second-order valence-electron chi connectivity index (χ2n) is 10.5. The van der Waals surface area contributed by atoms with Crippen LogP contribution in [0.4, 0.5) is 4.79 Å². The SMILES string of the molecule is CCCN1C(=O)[C@H](CCCCNC(=O)N2CCOCC2)NC(=O)C12CCN(CCc1ccccc1)CC2. The summed E-state index contributed by atoms with van der Waals surface area (Å²) in [5.74, 6) is 0.0606. The smallest absolute Gasteiger partial charge is 0.317 e. The van der Waals surface area contributed by atoms with Gasteiger partial charge in [-0.25, -0.2) is 4.79 Å². The van der Waals surface area contributed by atoms with Crippen molar-refractivity contribution < 1.29 is 19.1 Å². The van der Waals surface area contributed by atoms with Crippen molar-refractivity contribution in [3.63, 3.8) is 0 Å². The molecule has 1 spiro atoms. The molecule has 37 heavy (non-hydrogen) atoms. The first-order valence-electron chi connectivity index (χ1n) is 14.0. The van der Waals surface area contributed by atoms with Crippen LogP contribution in [0, 0.1) is 0 Å². The molecule has 0 unspecified atom stereocenters. The van der Waals surface area contributed by atoms with E-state index in [-0.39, 0.29) is 17.8 Å². The van der Waals surface area contributed by atoms with E-state index >= 15 is 0 Å². The molecule has 9 heteroatoms. The highest BCUT2D eigenvalue weighted by molar-refractivity contribution is 6.00. The van der Waals surface area contributed by atoms with Gasteiger partial charge in [-0.05, 0) is 50.5 Å². The first-order valence-corrected chi connectivity index (χ1v) is 14.0. The van der Waals surface area contributed by atoms with Gasteiger partial charge in [-0.15, -0.1) is 0 Å².